The monoisotopic (exact) mass is 333 g/mol. The van der Waals surface area contributed by atoms with Crippen molar-refractivity contribution in [2.45, 2.75) is 19.9 Å². The summed E-state index contributed by atoms with van der Waals surface area (Å²) in [7, 11) is 0. The average Bonchev–Trinajstić information content (AvgIpc) is 3.16. The van der Waals surface area contributed by atoms with E-state index in [9.17, 15) is 10.1 Å². The minimum Gasteiger partial charge on any atom is -0.419 e. The van der Waals surface area contributed by atoms with E-state index >= 15 is 0 Å². The van der Waals surface area contributed by atoms with E-state index in [-0.39, 0.29) is 17.3 Å². The molecule has 0 unspecified atom stereocenters. The molecule has 0 aliphatic rings. The van der Waals surface area contributed by atoms with Crippen molar-refractivity contribution >= 4 is 17.3 Å². The second kappa shape index (κ2) is 6.17. The van der Waals surface area contributed by atoms with Gasteiger partial charge in [0.1, 0.15) is 6.20 Å². The highest BCUT2D eigenvalue weighted by molar-refractivity contribution is 6.30. The van der Waals surface area contributed by atoms with Gasteiger partial charge in [0.15, 0.2) is 0 Å². The summed E-state index contributed by atoms with van der Waals surface area (Å²) in [5.74, 6) is 0.385. The maximum Gasteiger partial charge on any atom is 0.320 e. The molecule has 0 spiro atoms. The summed E-state index contributed by atoms with van der Waals surface area (Å²) in [5.41, 5.74) is 0.860. The number of aromatic nitrogens is 4. The molecule has 3 aromatic rings. The predicted octanol–water partition coefficient (Wildman–Crippen LogP) is 3.11. The lowest BCUT2D eigenvalue weighted by atomic mass is 10.1. The largest absolute Gasteiger partial charge is 0.419 e. The molecule has 0 radical (unpaired) electrons. The fraction of sp³-hybridized carbons (Fsp3) is 0.214. The number of hydrogen-bond donors (Lipinski definition) is 0. The fourth-order valence-corrected chi connectivity index (χ4v) is 2.18. The van der Waals surface area contributed by atoms with Gasteiger partial charge < -0.3 is 4.42 Å². The average molecular weight is 334 g/mol. The van der Waals surface area contributed by atoms with Gasteiger partial charge in [0.25, 0.3) is 5.89 Å². The van der Waals surface area contributed by atoms with E-state index in [0.29, 0.717) is 23.9 Å². The molecule has 0 N–H and O–H groups in total. The molecular weight excluding hydrogens is 322 g/mol. The second-order valence-corrected chi connectivity index (χ2v) is 5.22. The molecule has 0 atom stereocenters. The van der Waals surface area contributed by atoms with Gasteiger partial charge in [0, 0.05) is 11.6 Å². The van der Waals surface area contributed by atoms with Crippen LogP contribution in [-0.2, 0) is 13.0 Å². The van der Waals surface area contributed by atoms with E-state index in [1.165, 1.54) is 10.9 Å². The Hall–Kier alpha value is -2.74. The summed E-state index contributed by atoms with van der Waals surface area (Å²) < 4.78 is 6.97. The van der Waals surface area contributed by atoms with Crippen LogP contribution in [0.5, 0.6) is 0 Å². The Morgan fingerprint density at radius 1 is 1.30 bits per heavy atom. The molecule has 0 bridgehead atoms. The maximum atomic E-state index is 11.1. The van der Waals surface area contributed by atoms with Crippen molar-refractivity contribution in [2.75, 3.05) is 0 Å². The molecular formula is C14H12ClN5O3. The second-order valence-electron chi connectivity index (χ2n) is 4.78. The first kappa shape index (κ1) is 15.2. The van der Waals surface area contributed by atoms with E-state index in [1.807, 2.05) is 19.1 Å². The van der Waals surface area contributed by atoms with Gasteiger partial charge in [-0.05, 0) is 24.6 Å². The number of hydrogen-bond acceptors (Lipinski definition) is 6. The maximum absolute atomic E-state index is 11.1. The van der Waals surface area contributed by atoms with Crippen molar-refractivity contribution in [3.05, 3.63) is 57.1 Å². The Balaban J connectivity index is 1.88. The van der Waals surface area contributed by atoms with Crippen molar-refractivity contribution in [3.63, 3.8) is 0 Å². The van der Waals surface area contributed by atoms with E-state index in [0.717, 1.165) is 5.56 Å². The standard InChI is InChI=1S/C14H12ClN5O3/c1-2-19-8-11(20(21)22)13(18-19)14-17-16-12(23-14)7-9-3-5-10(15)6-4-9/h3-6,8H,2,7H2,1H3. The molecule has 0 aliphatic heterocycles. The summed E-state index contributed by atoms with van der Waals surface area (Å²) in [5, 5.41) is 23.6. The first-order valence-corrected chi connectivity index (χ1v) is 7.23. The lowest BCUT2D eigenvalue weighted by Crippen LogP contribution is -1.93. The van der Waals surface area contributed by atoms with Gasteiger partial charge in [-0.3, -0.25) is 14.8 Å². The van der Waals surface area contributed by atoms with Crippen LogP contribution < -0.4 is 0 Å². The van der Waals surface area contributed by atoms with Crippen LogP contribution in [0.1, 0.15) is 18.4 Å². The summed E-state index contributed by atoms with van der Waals surface area (Å²) >= 11 is 5.84. The third kappa shape index (κ3) is 3.21. The minimum atomic E-state index is -0.516. The van der Waals surface area contributed by atoms with Gasteiger partial charge >= 0.3 is 5.69 Å². The van der Waals surface area contributed by atoms with Gasteiger partial charge in [0.2, 0.25) is 11.6 Å². The topological polar surface area (TPSA) is 99.9 Å². The molecule has 0 amide bonds. The lowest BCUT2D eigenvalue weighted by molar-refractivity contribution is -0.384. The molecule has 8 nitrogen and oxygen atoms in total. The zero-order valence-electron chi connectivity index (χ0n) is 12.1. The molecule has 0 fully saturated rings. The Bertz CT molecular complexity index is 840. The third-order valence-corrected chi connectivity index (χ3v) is 3.45. The summed E-state index contributed by atoms with van der Waals surface area (Å²) in [4.78, 5) is 10.6. The highest BCUT2D eigenvalue weighted by Gasteiger charge is 2.25. The van der Waals surface area contributed by atoms with Gasteiger partial charge in [-0.1, -0.05) is 23.7 Å². The van der Waals surface area contributed by atoms with Gasteiger partial charge in [-0.25, -0.2) is 0 Å². The van der Waals surface area contributed by atoms with Crippen molar-refractivity contribution in [3.8, 4) is 11.6 Å². The zero-order valence-corrected chi connectivity index (χ0v) is 12.9. The van der Waals surface area contributed by atoms with Crippen LogP contribution in [0.2, 0.25) is 5.02 Å². The van der Waals surface area contributed by atoms with Crippen LogP contribution in [0.25, 0.3) is 11.6 Å². The quantitative estimate of drug-likeness (QED) is 0.525. The minimum absolute atomic E-state index is 0.0351. The van der Waals surface area contributed by atoms with Crippen LogP contribution in [0.4, 0.5) is 5.69 Å². The normalized spacial score (nSPS) is 10.9. The van der Waals surface area contributed by atoms with Gasteiger partial charge in [-0.15, -0.1) is 10.2 Å². The van der Waals surface area contributed by atoms with Crippen molar-refractivity contribution in [1.82, 2.24) is 20.0 Å². The number of aryl methyl sites for hydroxylation is 1. The number of benzene rings is 1. The first-order chi connectivity index (χ1) is 11.1. The van der Waals surface area contributed by atoms with E-state index < -0.39 is 4.92 Å². The van der Waals surface area contributed by atoms with E-state index in [4.69, 9.17) is 16.0 Å². The van der Waals surface area contributed by atoms with Crippen molar-refractivity contribution < 1.29 is 9.34 Å². The molecule has 23 heavy (non-hydrogen) atoms. The molecule has 1 aromatic carbocycles. The van der Waals surface area contributed by atoms with Crippen LogP contribution in [0.15, 0.2) is 34.9 Å². The summed E-state index contributed by atoms with van der Waals surface area (Å²) in [6.45, 7) is 2.34. The molecule has 0 aliphatic carbocycles. The van der Waals surface area contributed by atoms with E-state index in [2.05, 4.69) is 15.3 Å². The number of rotatable bonds is 5. The molecule has 0 saturated heterocycles. The SMILES string of the molecule is CCn1cc([N+](=O)[O-])c(-c2nnc(Cc3ccc(Cl)cc3)o2)n1. The van der Waals surface area contributed by atoms with Crippen LogP contribution in [0, 0.1) is 10.1 Å². The summed E-state index contributed by atoms with van der Waals surface area (Å²) in [6, 6.07) is 7.23. The third-order valence-electron chi connectivity index (χ3n) is 3.20. The molecule has 118 valence electrons. The van der Waals surface area contributed by atoms with Crippen LogP contribution >= 0.6 is 11.6 Å². The van der Waals surface area contributed by atoms with Crippen molar-refractivity contribution in [2.24, 2.45) is 0 Å². The Morgan fingerprint density at radius 2 is 2.04 bits per heavy atom. The fourth-order valence-electron chi connectivity index (χ4n) is 2.06. The Labute approximate surface area is 135 Å². The molecule has 0 saturated carbocycles. The molecule has 2 heterocycles. The number of halogens is 1. The highest BCUT2D eigenvalue weighted by Crippen LogP contribution is 2.27. The van der Waals surface area contributed by atoms with Gasteiger partial charge in [0.05, 0.1) is 11.3 Å². The summed E-state index contributed by atoms with van der Waals surface area (Å²) in [6.07, 6.45) is 1.75. The van der Waals surface area contributed by atoms with Crippen molar-refractivity contribution in [1.29, 1.82) is 0 Å². The Morgan fingerprint density at radius 3 is 2.70 bits per heavy atom. The van der Waals surface area contributed by atoms with E-state index in [1.54, 1.807) is 12.1 Å². The van der Waals surface area contributed by atoms with Gasteiger partial charge in [-0.2, -0.15) is 5.10 Å². The highest BCUT2D eigenvalue weighted by atomic mass is 35.5. The first-order valence-electron chi connectivity index (χ1n) is 6.86. The predicted molar refractivity (Wildman–Crippen MR) is 82.1 cm³/mol. The zero-order chi connectivity index (χ0) is 16.4. The number of nitro groups is 1. The number of nitrogens with zero attached hydrogens (tertiary/aromatic N) is 5. The van der Waals surface area contributed by atoms with Crippen LogP contribution in [-0.4, -0.2) is 24.9 Å². The molecule has 3 rings (SSSR count). The molecule has 2 aromatic heterocycles. The lowest BCUT2D eigenvalue weighted by Gasteiger charge is -1.96. The smallest absolute Gasteiger partial charge is 0.320 e. The molecule has 9 heteroatoms. The van der Waals surface area contributed by atoms with Crippen LogP contribution in [0.3, 0.4) is 0 Å². The Kier molecular flexibility index (Phi) is 4.07.